The average molecular weight is 510 g/mol. The Morgan fingerprint density at radius 2 is 1.84 bits per heavy atom. The molecule has 3 nitrogen and oxygen atoms in total. The monoisotopic (exact) mass is 509 g/mol. The van der Waals surface area contributed by atoms with Crippen molar-refractivity contribution in [1.29, 1.82) is 0 Å². The third-order valence-corrected chi connectivity index (χ3v) is 6.47. The maximum atomic E-state index is 13.8. The summed E-state index contributed by atoms with van der Waals surface area (Å²) in [5.41, 5.74) is 11.9. The quantitative estimate of drug-likeness (QED) is 0.173. The Balaban J connectivity index is 2.57. The average Bonchev–Trinajstić information content (AvgIpc) is 3.67. The number of rotatable bonds is 16. The van der Waals surface area contributed by atoms with Gasteiger partial charge in [-0.3, -0.25) is 0 Å². The topological polar surface area (TPSA) is 50.4 Å². The second kappa shape index (κ2) is 15.3. The molecule has 1 aliphatic carbocycles. The number of nitrogens with two attached hydrogens (primary N) is 1. The van der Waals surface area contributed by atoms with Gasteiger partial charge >= 0.3 is 0 Å². The summed E-state index contributed by atoms with van der Waals surface area (Å²) in [6.45, 7) is 16.8. The van der Waals surface area contributed by atoms with Crippen LogP contribution >= 0.6 is 0 Å². The summed E-state index contributed by atoms with van der Waals surface area (Å²) in [4.78, 5) is 5.08. The van der Waals surface area contributed by atoms with Gasteiger partial charge in [-0.1, -0.05) is 70.6 Å². The van der Waals surface area contributed by atoms with Gasteiger partial charge < -0.3 is 11.1 Å². The highest BCUT2D eigenvalue weighted by atomic mass is 19.1. The van der Waals surface area contributed by atoms with E-state index in [4.69, 9.17) is 10.7 Å². The third-order valence-electron chi connectivity index (χ3n) is 6.47. The van der Waals surface area contributed by atoms with Crippen molar-refractivity contribution in [2.75, 3.05) is 6.54 Å². The lowest BCUT2D eigenvalue weighted by molar-refractivity contribution is 0.627. The van der Waals surface area contributed by atoms with E-state index in [1.54, 1.807) is 18.2 Å². The molecule has 0 aliphatic heterocycles. The van der Waals surface area contributed by atoms with Crippen LogP contribution in [0, 0.1) is 17.7 Å². The molecule has 1 aliphatic rings. The smallest absolute Gasteiger partial charge is 0.149 e. The van der Waals surface area contributed by atoms with Gasteiger partial charge in [-0.25, -0.2) is 13.8 Å². The second-order valence-corrected chi connectivity index (χ2v) is 10.5. The van der Waals surface area contributed by atoms with Gasteiger partial charge in [0.2, 0.25) is 0 Å². The van der Waals surface area contributed by atoms with E-state index in [1.807, 2.05) is 0 Å². The molecule has 2 rings (SSSR count). The minimum Gasteiger partial charge on any atom is -0.396 e. The van der Waals surface area contributed by atoms with Gasteiger partial charge in [0, 0.05) is 6.54 Å². The summed E-state index contributed by atoms with van der Waals surface area (Å²) in [5.74, 6) is 1.03. The fraction of sp³-hybridized carbons (Fsp3) is 0.469. The van der Waals surface area contributed by atoms with E-state index in [0.717, 1.165) is 66.1 Å². The lowest BCUT2D eigenvalue weighted by Crippen LogP contribution is -2.21. The van der Waals surface area contributed by atoms with Crippen LogP contribution in [0.4, 0.5) is 8.78 Å². The van der Waals surface area contributed by atoms with Gasteiger partial charge in [0.05, 0.1) is 11.4 Å². The van der Waals surface area contributed by atoms with Crippen LogP contribution in [0.1, 0.15) is 78.2 Å². The van der Waals surface area contributed by atoms with Crippen LogP contribution in [0.25, 0.3) is 0 Å². The van der Waals surface area contributed by atoms with Crippen molar-refractivity contribution in [3.8, 4) is 0 Å². The van der Waals surface area contributed by atoms with Gasteiger partial charge in [-0.05, 0) is 92.2 Å². The number of hydrogen-bond acceptors (Lipinski definition) is 3. The largest absolute Gasteiger partial charge is 0.396 e. The Morgan fingerprint density at radius 3 is 2.41 bits per heavy atom. The first kappa shape index (κ1) is 30.3. The van der Waals surface area contributed by atoms with E-state index in [1.165, 1.54) is 31.1 Å². The maximum absolute atomic E-state index is 13.8. The van der Waals surface area contributed by atoms with E-state index >= 15 is 0 Å². The minimum absolute atomic E-state index is 0.260. The molecule has 1 fully saturated rings. The van der Waals surface area contributed by atoms with Crippen LogP contribution in [-0.4, -0.2) is 12.3 Å². The SMILES string of the molecule is C=C(F)\C=C/C(=C(\C)CCC1CC1)C(/CCc1ccc(F)cc1)=N/C(NCCC)=C(\N)C(=C)CC(C)C. The Hall–Kier alpha value is -2.95. The molecule has 0 heterocycles. The second-order valence-electron chi connectivity index (χ2n) is 10.5. The summed E-state index contributed by atoms with van der Waals surface area (Å²) in [6, 6.07) is 6.53. The fourth-order valence-corrected chi connectivity index (χ4v) is 4.13. The molecule has 0 aromatic heterocycles. The van der Waals surface area contributed by atoms with Gasteiger partial charge in [-0.2, -0.15) is 0 Å². The summed E-state index contributed by atoms with van der Waals surface area (Å²) in [7, 11) is 0. The first-order valence-corrected chi connectivity index (χ1v) is 13.6. The Morgan fingerprint density at radius 1 is 1.16 bits per heavy atom. The molecular weight excluding hydrogens is 464 g/mol. The summed E-state index contributed by atoms with van der Waals surface area (Å²) in [5, 5.41) is 3.40. The highest BCUT2D eigenvalue weighted by Gasteiger charge is 2.21. The molecule has 3 N–H and O–H groups in total. The van der Waals surface area contributed by atoms with E-state index in [9.17, 15) is 8.78 Å². The number of halogens is 2. The molecule has 202 valence electrons. The molecule has 1 aromatic carbocycles. The first-order valence-electron chi connectivity index (χ1n) is 13.6. The molecule has 37 heavy (non-hydrogen) atoms. The lowest BCUT2D eigenvalue weighted by Gasteiger charge is -2.18. The Kier molecular flexibility index (Phi) is 12.5. The van der Waals surface area contributed by atoms with E-state index in [0.29, 0.717) is 30.3 Å². The predicted molar refractivity (Wildman–Crippen MR) is 154 cm³/mol. The van der Waals surface area contributed by atoms with Gasteiger partial charge in [-0.15, -0.1) is 0 Å². The molecule has 5 heteroatoms. The van der Waals surface area contributed by atoms with Crippen molar-refractivity contribution < 1.29 is 8.78 Å². The van der Waals surface area contributed by atoms with Crippen molar-refractivity contribution in [1.82, 2.24) is 5.32 Å². The number of nitrogens with one attached hydrogen (secondary N) is 1. The lowest BCUT2D eigenvalue weighted by atomic mass is 9.94. The van der Waals surface area contributed by atoms with E-state index < -0.39 is 5.83 Å². The van der Waals surface area contributed by atoms with Crippen LogP contribution in [0.3, 0.4) is 0 Å². The van der Waals surface area contributed by atoms with Crippen LogP contribution in [-0.2, 0) is 6.42 Å². The Labute approximate surface area is 223 Å². The molecule has 0 bridgehead atoms. The summed E-state index contributed by atoms with van der Waals surface area (Å²) in [6.07, 6.45) is 10.7. The molecule has 0 atom stereocenters. The van der Waals surface area contributed by atoms with Crippen LogP contribution in [0.15, 0.2) is 88.6 Å². The molecule has 0 radical (unpaired) electrons. The van der Waals surface area contributed by atoms with Crippen LogP contribution in [0.2, 0.25) is 0 Å². The van der Waals surface area contributed by atoms with Crippen molar-refractivity contribution in [3.63, 3.8) is 0 Å². The predicted octanol–water partition coefficient (Wildman–Crippen LogP) is 8.48. The number of aliphatic imine (C=N–C) groups is 1. The number of hydrogen-bond donors (Lipinski definition) is 2. The van der Waals surface area contributed by atoms with Gasteiger partial charge in [0.15, 0.2) is 0 Å². The number of allylic oxidation sites excluding steroid dienone is 6. The first-order chi connectivity index (χ1) is 17.6. The zero-order valence-corrected chi connectivity index (χ0v) is 23.2. The van der Waals surface area contributed by atoms with E-state index in [-0.39, 0.29) is 5.82 Å². The zero-order valence-electron chi connectivity index (χ0n) is 23.2. The summed E-state index contributed by atoms with van der Waals surface area (Å²) < 4.78 is 27.2. The zero-order chi connectivity index (χ0) is 27.4. The number of benzene rings is 1. The van der Waals surface area contributed by atoms with Gasteiger partial charge in [0.25, 0.3) is 0 Å². The normalized spacial score (nSPS) is 15.6. The molecule has 0 saturated heterocycles. The molecule has 1 aromatic rings. The fourth-order valence-electron chi connectivity index (χ4n) is 4.13. The molecular formula is C32H45F2N3. The molecule has 0 unspecified atom stereocenters. The van der Waals surface area contributed by atoms with Crippen molar-refractivity contribution >= 4 is 5.71 Å². The Bertz CT molecular complexity index is 1040. The minimum atomic E-state index is -0.505. The number of aryl methyl sites for hydroxylation is 1. The van der Waals surface area contributed by atoms with Crippen molar-refractivity contribution in [3.05, 3.63) is 95.0 Å². The summed E-state index contributed by atoms with van der Waals surface area (Å²) >= 11 is 0. The standard InChI is InChI=1S/C32H45F2N3/c1-7-20-36-32(31(35)24(5)21-22(2)3)37-30(19-15-27-13-16-28(34)17-14-27)29(18-9-25(6)33)23(4)8-10-26-11-12-26/h9,13-14,16-18,22,26,36H,5-8,10-12,15,19-21,35H2,1-4H3/b18-9-,29-23-,32-31-,37-30+. The van der Waals surface area contributed by atoms with E-state index in [2.05, 4.69) is 46.2 Å². The van der Waals surface area contributed by atoms with Crippen molar-refractivity contribution in [2.24, 2.45) is 22.6 Å². The highest BCUT2D eigenvalue weighted by Crippen LogP contribution is 2.35. The third kappa shape index (κ3) is 11.3. The molecule has 1 saturated carbocycles. The van der Waals surface area contributed by atoms with Crippen LogP contribution < -0.4 is 11.1 Å². The number of nitrogens with zero attached hydrogens (tertiary/aromatic N) is 1. The van der Waals surface area contributed by atoms with Crippen LogP contribution in [0.5, 0.6) is 0 Å². The highest BCUT2D eigenvalue weighted by molar-refractivity contribution is 6.04. The molecule has 0 amide bonds. The molecule has 0 spiro atoms. The maximum Gasteiger partial charge on any atom is 0.149 e. The van der Waals surface area contributed by atoms with Crippen molar-refractivity contribution in [2.45, 2.75) is 79.1 Å². The van der Waals surface area contributed by atoms with Gasteiger partial charge in [0.1, 0.15) is 17.5 Å².